The minimum Gasteiger partial charge on any atom is -0.497 e. The van der Waals surface area contributed by atoms with E-state index in [0.717, 1.165) is 0 Å². The highest BCUT2D eigenvalue weighted by Crippen LogP contribution is 2.21. The highest BCUT2D eigenvalue weighted by atomic mass is 32.2. The average molecular weight is 244 g/mol. The second-order valence-corrected chi connectivity index (χ2v) is 5.24. The Labute approximate surface area is 93.6 Å². The van der Waals surface area contributed by atoms with E-state index >= 15 is 0 Å². The van der Waals surface area contributed by atoms with Crippen LogP contribution >= 0.6 is 0 Å². The lowest BCUT2D eigenvalue weighted by atomic mass is 10.2. The second-order valence-electron chi connectivity index (χ2n) is 3.28. The van der Waals surface area contributed by atoms with E-state index in [1.165, 1.54) is 19.2 Å². The van der Waals surface area contributed by atoms with E-state index in [4.69, 9.17) is 9.84 Å². The molecular formula is C10H12O5S. The Morgan fingerprint density at radius 1 is 1.44 bits per heavy atom. The summed E-state index contributed by atoms with van der Waals surface area (Å²) in [6.07, 6.45) is 0. The molecule has 0 amide bonds. The molecule has 1 N–H and O–H groups in total. The number of aliphatic carboxylic acids is 1. The van der Waals surface area contributed by atoms with Crippen molar-refractivity contribution in [2.45, 2.75) is 11.8 Å². The summed E-state index contributed by atoms with van der Waals surface area (Å²) >= 11 is 0. The number of rotatable bonds is 4. The summed E-state index contributed by atoms with van der Waals surface area (Å²) in [5, 5.41) is 8.50. The van der Waals surface area contributed by atoms with Gasteiger partial charge >= 0.3 is 5.97 Å². The first-order valence-electron chi connectivity index (χ1n) is 4.46. The van der Waals surface area contributed by atoms with E-state index in [0.29, 0.717) is 11.3 Å². The van der Waals surface area contributed by atoms with Gasteiger partial charge in [-0.2, -0.15) is 0 Å². The van der Waals surface area contributed by atoms with Crippen LogP contribution in [0.4, 0.5) is 0 Å². The van der Waals surface area contributed by atoms with Crippen LogP contribution in [-0.4, -0.2) is 32.4 Å². The number of ether oxygens (including phenoxy) is 1. The largest absolute Gasteiger partial charge is 0.497 e. The van der Waals surface area contributed by atoms with E-state index in [-0.39, 0.29) is 4.90 Å². The molecule has 0 heterocycles. The minimum absolute atomic E-state index is 0.0238. The number of sulfone groups is 1. The molecule has 0 spiro atoms. The zero-order valence-corrected chi connectivity index (χ0v) is 9.74. The number of hydrogen-bond donors (Lipinski definition) is 1. The number of aryl methyl sites for hydroxylation is 1. The molecule has 1 aromatic rings. The van der Waals surface area contributed by atoms with E-state index in [2.05, 4.69) is 0 Å². The van der Waals surface area contributed by atoms with Crippen LogP contribution in [0, 0.1) is 6.92 Å². The molecular weight excluding hydrogens is 232 g/mol. The molecule has 88 valence electrons. The summed E-state index contributed by atoms with van der Waals surface area (Å²) < 4.78 is 28.2. The van der Waals surface area contributed by atoms with Crippen LogP contribution in [-0.2, 0) is 14.6 Å². The van der Waals surface area contributed by atoms with Crippen molar-refractivity contribution < 1.29 is 23.1 Å². The molecule has 16 heavy (non-hydrogen) atoms. The fourth-order valence-corrected chi connectivity index (χ4v) is 2.64. The number of benzene rings is 1. The van der Waals surface area contributed by atoms with Gasteiger partial charge in [-0.05, 0) is 30.7 Å². The van der Waals surface area contributed by atoms with Gasteiger partial charge in [0.2, 0.25) is 0 Å². The van der Waals surface area contributed by atoms with Crippen LogP contribution in [0.3, 0.4) is 0 Å². The Hall–Kier alpha value is -1.56. The Bertz CT molecular complexity index is 504. The lowest BCUT2D eigenvalue weighted by Crippen LogP contribution is -2.16. The van der Waals surface area contributed by atoms with Crippen molar-refractivity contribution in [2.75, 3.05) is 12.9 Å². The van der Waals surface area contributed by atoms with Gasteiger partial charge in [0.15, 0.2) is 15.6 Å². The molecule has 5 nitrogen and oxygen atoms in total. The maximum Gasteiger partial charge on any atom is 0.319 e. The molecule has 0 fully saturated rings. The SMILES string of the molecule is COc1ccc(S(=O)(=O)CC(=O)O)c(C)c1. The zero-order chi connectivity index (χ0) is 12.3. The molecule has 6 heteroatoms. The van der Waals surface area contributed by atoms with E-state index < -0.39 is 21.6 Å². The lowest BCUT2D eigenvalue weighted by Gasteiger charge is -2.07. The second kappa shape index (κ2) is 4.52. The molecule has 0 radical (unpaired) electrons. The molecule has 0 saturated carbocycles. The zero-order valence-electron chi connectivity index (χ0n) is 8.93. The maximum atomic E-state index is 11.6. The van der Waals surface area contributed by atoms with Crippen LogP contribution in [0.5, 0.6) is 5.75 Å². The third kappa shape index (κ3) is 2.73. The van der Waals surface area contributed by atoms with Gasteiger partial charge in [0, 0.05) is 0 Å². The molecule has 0 aliphatic rings. The first kappa shape index (κ1) is 12.5. The lowest BCUT2D eigenvalue weighted by molar-refractivity contribution is -0.134. The van der Waals surface area contributed by atoms with Crippen LogP contribution in [0.25, 0.3) is 0 Å². The number of carboxylic acids is 1. The third-order valence-electron chi connectivity index (χ3n) is 2.03. The number of hydrogen-bond acceptors (Lipinski definition) is 4. The van der Waals surface area contributed by atoms with Crippen molar-refractivity contribution >= 4 is 15.8 Å². The average Bonchev–Trinajstić information content (AvgIpc) is 2.14. The number of methoxy groups -OCH3 is 1. The number of carbonyl (C=O) groups is 1. The van der Waals surface area contributed by atoms with Gasteiger partial charge in [-0.15, -0.1) is 0 Å². The third-order valence-corrected chi connectivity index (χ3v) is 3.79. The highest BCUT2D eigenvalue weighted by molar-refractivity contribution is 7.92. The van der Waals surface area contributed by atoms with Crippen LogP contribution < -0.4 is 4.74 Å². The molecule has 0 aromatic heterocycles. The molecule has 1 aromatic carbocycles. The van der Waals surface area contributed by atoms with Gasteiger partial charge < -0.3 is 9.84 Å². The van der Waals surface area contributed by atoms with Crippen LogP contribution in [0.2, 0.25) is 0 Å². The smallest absolute Gasteiger partial charge is 0.319 e. The van der Waals surface area contributed by atoms with Crippen molar-refractivity contribution in [3.8, 4) is 5.75 Å². The summed E-state index contributed by atoms with van der Waals surface area (Å²) in [7, 11) is -2.30. The van der Waals surface area contributed by atoms with Gasteiger partial charge in [-0.25, -0.2) is 8.42 Å². The van der Waals surface area contributed by atoms with Gasteiger partial charge in [0.1, 0.15) is 5.75 Å². The minimum atomic E-state index is -3.77. The quantitative estimate of drug-likeness (QED) is 0.849. The predicted octanol–water partition coefficient (Wildman–Crippen LogP) is 0.862. The summed E-state index contributed by atoms with van der Waals surface area (Å²) in [5.41, 5.74) is 0.473. The van der Waals surface area contributed by atoms with E-state index in [9.17, 15) is 13.2 Å². The first-order valence-corrected chi connectivity index (χ1v) is 6.11. The summed E-state index contributed by atoms with van der Waals surface area (Å²) in [6.45, 7) is 1.59. The number of carboxylic acid groups (broad SMARTS) is 1. The molecule has 0 saturated heterocycles. The molecule has 0 aliphatic heterocycles. The summed E-state index contributed by atoms with van der Waals surface area (Å²) in [6, 6.07) is 4.39. The fraction of sp³-hybridized carbons (Fsp3) is 0.300. The van der Waals surface area contributed by atoms with Crippen molar-refractivity contribution in [1.82, 2.24) is 0 Å². The Kier molecular flexibility index (Phi) is 3.54. The molecule has 0 atom stereocenters. The molecule has 0 unspecified atom stereocenters. The Morgan fingerprint density at radius 3 is 2.50 bits per heavy atom. The summed E-state index contributed by atoms with van der Waals surface area (Å²) in [5.74, 6) is -1.73. The van der Waals surface area contributed by atoms with Crippen LogP contribution in [0.1, 0.15) is 5.56 Å². The first-order chi connectivity index (χ1) is 7.36. The van der Waals surface area contributed by atoms with Gasteiger partial charge in [-0.1, -0.05) is 0 Å². The van der Waals surface area contributed by atoms with E-state index in [1.54, 1.807) is 13.0 Å². The predicted molar refractivity (Wildman–Crippen MR) is 57.4 cm³/mol. The Morgan fingerprint density at radius 2 is 2.06 bits per heavy atom. The van der Waals surface area contributed by atoms with Crippen LogP contribution in [0.15, 0.2) is 23.1 Å². The van der Waals surface area contributed by atoms with Crippen molar-refractivity contribution in [2.24, 2.45) is 0 Å². The molecule has 1 rings (SSSR count). The highest BCUT2D eigenvalue weighted by Gasteiger charge is 2.20. The molecule has 0 bridgehead atoms. The van der Waals surface area contributed by atoms with Crippen molar-refractivity contribution in [3.05, 3.63) is 23.8 Å². The topological polar surface area (TPSA) is 80.7 Å². The standard InChI is InChI=1S/C10H12O5S/c1-7-5-8(15-2)3-4-9(7)16(13,14)6-10(11)12/h3-5H,6H2,1-2H3,(H,11,12). The normalized spacial score (nSPS) is 11.1. The fourth-order valence-electron chi connectivity index (χ4n) is 1.34. The monoisotopic (exact) mass is 244 g/mol. The maximum absolute atomic E-state index is 11.6. The summed E-state index contributed by atoms with van der Waals surface area (Å²) in [4.78, 5) is 10.4. The van der Waals surface area contributed by atoms with Gasteiger partial charge in [-0.3, -0.25) is 4.79 Å². The van der Waals surface area contributed by atoms with Gasteiger partial charge in [0.05, 0.1) is 12.0 Å². The van der Waals surface area contributed by atoms with Crippen molar-refractivity contribution in [1.29, 1.82) is 0 Å². The van der Waals surface area contributed by atoms with Gasteiger partial charge in [0.25, 0.3) is 0 Å². The van der Waals surface area contributed by atoms with E-state index in [1.807, 2.05) is 0 Å². The Balaban J connectivity index is 3.19. The molecule has 0 aliphatic carbocycles. The van der Waals surface area contributed by atoms with Crippen molar-refractivity contribution in [3.63, 3.8) is 0 Å².